The lowest BCUT2D eigenvalue weighted by Crippen LogP contribution is -2.08. The van der Waals surface area contributed by atoms with E-state index in [1.54, 1.807) is 6.07 Å². The molecule has 0 aliphatic carbocycles. The molecule has 0 spiro atoms. The topological polar surface area (TPSA) is 58.8 Å². The zero-order valence-corrected chi connectivity index (χ0v) is 9.40. The van der Waals surface area contributed by atoms with E-state index >= 15 is 0 Å². The van der Waals surface area contributed by atoms with Gasteiger partial charge in [-0.05, 0) is 13.8 Å². The van der Waals surface area contributed by atoms with Crippen molar-refractivity contribution < 1.29 is 4.74 Å². The lowest BCUT2D eigenvalue weighted by Gasteiger charge is -2.10. The first-order chi connectivity index (χ1) is 7.17. The fourth-order valence-corrected chi connectivity index (χ4v) is 1.26. The summed E-state index contributed by atoms with van der Waals surface area (Å²) in [5.41, 5.74) is 0.596. The summed E-state index contributed by atoms with van der Waals surface area (Å²) >= 11 is 5.64. The zero-order valence-electron chi connectivity index (χ0n) is 8.64. The van der Waals surface area contributed by atoms with E-state index in [9.17, 15) is 0 Å². The molecular formula is C10H12ClN3O. The second kappa shape index (κ2) is 5.52. The molecule has 0 saturated heterocycles. The third kappa shape index (κ3) is 3.37. The lowest BCUT2D eigenvalue weighted by molar-refractivity contribution is 0.232. The van der Waals surface area contributed by atoms with E-state index < -0.39 is 5.92 Å². The van der Waals surface area contributed by atoms with Gasteiger partial charge in [-0.3, -0.25) is 0 Å². The molecule has 1 atom stereocenters. The number of halogens is 1. The van der Waals surface area contributed by atoms with Crippen molar-refractivity contribution in [3.63, 3.8) is 0 Å². The van der Waals surface area contributed by atoms with Crippen molar-refractivity contribution in [3.05, 3.63) is 18.1 Å². The Morgan fingerprint density at radius 3 is 2.80 bits per heavy atom. The molecule has 1 aromatic heterocycles. The number of nitrogens with zero attached hydrogens (tertiary/aromatic N) is 3. The van der Waals surface area contributed by atoms with Crippen LogP contribution in [0.15, 0.2) is 12.4 Å². The molecule has 80 valence electrons. The van der Waals surface area contributed by atoms with Crippen molar-refractivity contribution in [1.29, 1.82) is 5.26 Å². The summed E-state index contributed by atoms with van der Waals surface area (Å²) in [4.78, 5) is 7.94. The molecule has 0 amide bonds. The number of ether oxygens (including phenoxy) is 1. The Hall–Kier alpha value is -1.34. The molecule has 0 aliphatic heterocycles. The van der Waals surface area contributed by atoms with E-state index in [1.165, 1.54) is 6.33 Å². The summed E-state index contributed by atoms with van der Waals surface area (Å²) in [7, 11) is 0. The third-order valence-corrected chi connectivity index (χ3v) is 2.00. The highest BCUT2D eigenvalue weighted by Gasteiger charge is 2.12. The van der Waals surface area contributed by atoms with Crippen LogP contribution >= 0.6 is 11.6 Å². The highest BCUT2D eigenvalue weighted by atomic mass is 35.5. The minimum absolute atomic E-state index is 0.0456. The van der Waals surface area contributed by atoms with Gasteiger partial charge in [-0.1, -0.05) is 0 Å². The average molecular weight is 226 g/mol. The lowest BCUT2D eigenvalue weighted by atomic mass is 10.1. The standard InChI is InChI=1S/C10H12ClN3O/c1-7(2)15-10-3-9(13-6-14-10)8(4-11)5-12/h3,6-8H,4H2,1-2H3. The van der Waals surface area contributed by atoms with Crippen molar-refractivity contribution in [2.24, 2.45) is 0 Å². The summed E-state index contributed by atoms with van der Waals surface area (Å²) in [6.45, 7) is 3.82. The van der Waals surface area contributed by atoms with Gasteiger partial charge in [0, 0.05) is 11.9 Å². The Morgan fingerprint density at radius 2 is 2.27 bits per heavy atom. The Morgan fingerprint density at radius 1 is 1.53 bits per heavy atom. The van der Waals surface area contributed by atoms with Crippen LogP contribution in [-0.4, -0.2) is 22.0 Å². The van der Waals surface area contributed by atoms with Crippen LogP contribution in [0.1, 0.15) is 25.5 Å². The van der Waals surface area contributed by atoms with Crippen LogP contribution in [0.2, 0.25) is 0 Å². The first kappa shape index (κ1) is 11.7. The second-order valence-electron chi connectivity index (χ2n) is 3.28. The molecular weight excluding hydrogens is 214 g/mol. The van der Waals surface area contributed by atoms with Gasteiger partial charge < -0.3 is 4.74 Å². The fourth-order valence-electron chi connectivity index (χ4n) is 1.03. The molecule has 1 rings (SSSR count). The number of rotatable bonds is 4. The minimum atomic E-state index is -0.413. The molecule has 0 aliphatic rings. The summed E-state index contributed by atoms with van der Waals surface area (Å²) in [5.74, 6) is 0.277. The van der Waals surface area contributed by atoms with Gasteiger partial charge in [-0.15, -0.1) is 11.6 Å². The Labute approximate surface area is 93.9 Å². The first-order valence-corrected chi connectivity index (χ1v) is 5.15. The predicted octanol–water partition coefficient (Wildman–Crippen LogP) is 2.11. The van der Waals surface area contributed by atoms with Gasteiger partial charge >= 0.3 is 0 Å². The van der Waals surface area contributed by atoms with E-state index in [0.717, 1.165) is 0 Å². The van der Waals surface area contributed by atoms with Crippen LogP contribution < -0.4 is 4.74 Å². The van der Waals surface area contributed by atoms with E-state index in [0.29, 0.717) is 11.6 Å². The molecule has 0 saturated carbocycles. The monoisotopic (exact) mass is 225 g/mol. The maximum Gasteiger partial charge on any atom is 0.216 e. The highest BCUT2D eigenvalue weighted by Crippen LogP contribution is 2.17. The summed E-state index contributed by atoms with van der Waals surface area (Å²) in [5, 5.41) is 8.82. The van der Waals surface area contributed by atoms with Crippen LogP contribution in [0.5, 0.6) is 5.88 Å². The van der Waals surface area contributed by atoms with Crippen molar-refractivity contribution in [2.45, 2.75) is 25.9 Å². The van der Waals surface area contributed by atoms with E-state index in [4.69, 9.17) is 21.6 Å². The van der Waals surface area contributed by atoms with Crippen LogP contribution in [0, 0.1) is 11.3 Å². The maximum atomic E-state index is 8.82. The molecule has 0 fully saturated rings. The number of aromatic nitrogens is 2. The molecule has 0 N–H and O–H groups in total. The van der Waals surface area contributed by atoms with Crippen LogP contribution in [-0.2, 0) is 0 Å². The second-order valence-corrected chi connectivity index (χ2v) is 3.59. The van der Waals surface area contributed by atoms with Crippen molar-refractivity contribution in [1.82, 2.24) is 9.97 Å². The Balaban J connectivity index is 2.87. The minimum Gasteiger partial charge on any atom is -0.475 e. The summed E-state index contributed by atoms with van der Waals surface area (Å²) < 4.78 is 5.39. The first-order valence-electron chi connectivity index (χ1n) is 4.61. The van der Waals surface area contributed by atoms with Gasteiger partial charge in [0.25, 0.3) is 0 Å². The van der Waals surface area contributed by atoms with Crippen LogP contribution in [0.25, 0.3) is 0 Å². The van der Waals surface area contributed by atoms with Gasteiger partial charge in [0.05, 0.1) is 17.9 Å². The number of alkyl halides is 1. The fraction of sp³-hybridized carbons (Fsp3) is 0.500. The van der Waals surface area contributed by atoms with Crippen LogP contribution in [0.4, 0.5) is 0 Å². The van der Waals surface area contributed by atoms with Gasteiger partial charge in [-0.2, -0.15) is 5.26 Å². The smallest absolute Gasteiger partial charge is 0.216 e. The molecule has 1 heterocycles. The Bertz CT molecular complexity index is 362. The normalized spacial score (nSPS) is 12.2. The highest BCUT2D eigenvalue weighted by molar-refractivity contribution is 6.18. The Kier molecular flexibility index (Phi) is 4.32. The van der Waals surface area contributed by atoms with Crippen molar-refractivity contribution in [2.75, 3.05) is 5.88 Å². The van der Waals surface area contributed by atoms with Crippen molar-refractivity contribution in [3.8, 4) is 11.9 Å². The molecule has 5 heteroatoms. The van der Waals surface area contributed by atoms with Gasteiger partial charge in [0.2, 0.25) is 5.88 Å². The van der Waals surface area contributed by atoms with E-state index in [2.05, 4.69) is 16.0 Å². The quantitative estimate of drug-likeness (QED) is 0.737. The molecule has 1 aromatic rings. The maximum absolute atomic E-state index is 8.82. The number of hydrogen-bond acceptors (Lipinski definition) is 4. The van der Waals surface area contributed by atoms with Gasteiger partial charge in [0.1, 0.15) is 12.2 Å². The predicted molar refractivity (Wildman–Crippen MR) is 56.9 cm³/mol. The van der Waals surface area contributed by atoms with E-state index in [-0.39, 0.29) is 12.0 Å². The SMILES string of the molecule is CC(C)Oc1cc(C(C#N)CCl)ncn1. The number of nitriles is 1. The van der Waals surface area contributed by atoms with Crippen LogP contribution in [0.3, 0.4) is 0 Å². The largest absolute Gasteiger partial charge is 0.475 e. The average Bonchev–Trinajstić information content (AvgIpc) is 2.19. The van der Waals surface area contributed by atoms with Crippen molar-refractivity contribution >= 4 is 11.6 Å². The molecule has 0 aromatic carbocycles. The number of hydrogen-bond donors (Lipinski definition) is 0. The van der Waals surface area contributed by atoms with Gasteiger partial charge in [-0.25, -0.2) is 9.97 Å². The summed E-state index contributed by atoms with van der Waals surface area (Å²) in [6, 6.07) is 3.72. The molecule has 0 bridgehead atoms. The third-order valence-electron chi connectivity index (χ3n) is 1.69. The summed E-state index contributed by atoms with van der Waals surface area (Å²) in [6.07, 6.45) is 1.42. The van der Waals surface area contributed by atoms with E-state index in [1.807, 2.05) is 13.8 Å². The zero-order chi connectivity index (χ0) is 11.3. The molecule has 4 nitrogen and oxygen atoms in total. The molecule has 0 radical (unpaired) electrons. The molecule has 15 heavy (non-hydrogen) atoms. The molecule has 1 unspecified atom stereocenters. The van der Waals surface area contributed by atoms with Gasteiger partial charge in [0.15, 0.2) is 0 Å².